The Hall–Kier alpha value is -3.78. The first kappa shape index (κ1) is 20.5. The summed E-state index contributed by atoms with van der Waals surface area (Å²) in [4.78, 5) is 0. The second kappa shape index (κ2) is 9.82. The van der Waals surface area contributed by atoms with Gasteiger partial charge in [-0.25, -0.2) is 4.39 Å². The fourth-order valence-electron chi connectivity index (χ4n) is 3.14. The minimum absolute atomic E-state index is 0.176. The number of tetrazole rings is 1. The van der Waals surface area contributed by atoms with Gasteiger partial charge in [0.15, 0.2) is 11.5 Å². The summed E-state index contributed by atoms with van der Waals surface area (Å²) in [5.41, 5.74) is 2.50. The predicted molar refractivity (Wildman–Crippen MR) is 114 cm³/mol. The molecule has 0 radical (unpaired) electrons. The van der Waals surface area contributed by atoms with E-state index in [-0.39, 0.29) is 11.8 Å². The van der Waals surface area contributed by atoms with Crippen LogP contribution < -0.4 is 14.8 Å². The van der Waals surface area contributed by atoms with Gasteiger partial charge in [0.25, 0.3) is 0 Å². The lowest BCUT2D eigenvalue weighted by atomic mass is 10.1. The van der Waals surface area contributed by atoms with Gasteiger partial charge in [0.1, 0.15) is 5.82 Å². The monoisotopic (exact) mass is 419 g/mol. The van der Waals surface area contributed by atoms with Crippen LogP contribution in [0.4, 0.5) is 4.39 Å². The van der Waals surface area contributed by atoms with Crippen LogP contribution in [0.15, 0.2) is 72.8 Å². The Kier molecular flexibility index (Phi) is 6.49. The second-order valence-electron chi connectivity index (χ2n) is 6.81. The van der Waals surface area contributed by atoms with E-state index in [1.807, 2.05) is 54.6 Å². The number of hydrogen-bond acceptors (Lipinski definition) is 6. The van der Waals surface area contributed by atoms with Crippen LogP contribution in [-0.2, 0) is 13.0 Å². The minimum atomic E-state index is -0.176. The van der Waals surface area contributed by atoms with Crippen molar-refractivity contribution in [3.63, 3.8) is 0 Å². The van der Waals surface area contributed by atoms with E-state index >= 15 is 0 Å². The standard InChI is InChI=1S/C23H22FN5O2/c1-30-22-15-17(16-25-14-13-18-7-5-6-10-20(18)24)11-12-21(22)31-23-26-27-28-29(23)19-8-3-2-4-9-19/h2-12,15,25H,13-14,16H2,1H3. The minimum Gasteiger partial charge on any atom is -0.493 e. The molecule has 0 saturated heterocycles. The van der Waals surface area contributed by atoms with Crippen molar-refractivity contribution in [3.8, 4) is 23.2 Å². The molecule has 0 atom stereocenters. The highest BCUT2D eigenvalue weighted by Gasteiger charge is 2.14. The smallest absolute Gasteiger partial charge is 0.346 e. The summed E-state index contributed by atoms with van der Waals surface area (Å²) in [5.74, 6) is 0.894. The maximum atomic E-state index is 13.7. The van der Waals surface area contributed by atoms with Crippen LogP contribution in [0.5, 0.6) is 17.5 Å². The van der Waals surface area contributed by atoms with E-state index in [2.05, 4.69) is 20.8 Å². The number of ether oxygens (including phenoxy) is 2. The van der Waals surface area contributed by atoms with Crippen molar-refractivity contribution in [2.75, 3.05) is 13.7 Å². The highest BCUT2D eigenvalue weighted by Crippen LogP contribution is 2.32. The molecule has 0 aliphatic carbocycles. The molecule has 0 spiro atoms. The quantitative estimate of drug-likeness (QED) is 0.415. The highest BCUT2D eigenvalue weighted by atomic mass is 19.1. The molecule has 1 heterocycles. The fourth-order valence-corrected chi connectivity index (χ4v) is 3.14. The van der Waals surface area contributed by atoms with Gasteiger partial charge in [-0.3, -0.25) is 0 Å². The number of aromatic nitrogens is 4. The summed E-state index contributed by atoms with van der Waals surface area (Å²) in [7, 11) is 1.58. The Morgan fingerprint density at radius 2 is 1.77 bits per heavy atom. The third-order valence-electron chi connectivity index (χ3n) is 4.73. The molecule has 1 aromatic heterocycles. The summed E-state index contributed by atoms with van der Waals surface area (Å²) in [6.45, 7) is 1.28. The highest BCUT2D eigenvalue weighted by molar-refractivity contribution is 5.44. The van der Waals surface area contributed by atoms with Crippen molar-refractivity contribution in [1.82, 2.24) is 25.5 Å². The zero-order valence-corrected chi connectivity index (χ0v) is 17.0. The fraction of sp³-hybridized carbons (Fsp3) is 0.174. The molecule has 0 saturated carbocycles. The number of halogens is 1. The third kappa shape index (κ3) is 5.04. The molecule has 7 nitrogen and oxygen atoms in total. The molecular weight excluding hydrogens is 397 g/mol. The molecule has 4 rings (SSSR count). The van der Waals surface area contributed by atoms with Crippen LogP contribution in [0.2, 0.25) is 0 Å². The molecule has 0 aliphatic heterocycles. The van der Waals surface area contributed by atoms with E-state index in [0.29, 0.717) is 36.6 Å². The average Bonchev–Trinajstić information content (AvgIpc) is 3.27. The molecular formula is C23H22FN5O2. The van der Waals surface area contributed by atoms with Gasteiger partial charge < -0.3 is 14.8 Å². The number of rotatable bonds is 9. The van der Waals surface area contributed by atoms with Crippen molar-refractivity contribution in [3.05, 3.63) is 89.7 Å². The summed E-state index contributed by atoms with van der Waals surface area (Å²) in [6, 6.07) is 22.2. The number of benzene rings is 3. The van der Waals surface area contributed by atoms with Gasteiger partial charge in [-0.1, -0.05) is 47.6 Å². The average molecular weight is 419 g/mol. The summed E-state index contributed by atoms with van der Waals surface area (Å²) in [6.07, 6.45) is 0.618. The molecule has 31 heavy (non-hydrogen) atoms. The molecule has 0 amide bonds. The van der Waals surface area contributed by atoms with Crippen molar-refractivity contribution in [2.24, 2.45) is 0 Å². The summed E-state index contributed by atoms with van der Waals surface area (Å²) < 4.78 is 26.6. The lowest BCUT2D eigenvalue weighted by molar-refractivity contribution is 0.362. The van der Waals surface area contributed by atoms with Gasteiger partial charge >= 0.3 is 6.01 Å². The van der Waals surface area contributed by atoms with E-state index in [1.165, 1.54) is 10.7 Å². The molecule has 0 aliphatic rings. The second-order valence-corrected chi connectivity index (χ2v) is 6.81. The molecule has 3 aromatic carbocycles. The zero-order chi connectivity index (χ0) is 21.5. The van der Waals surface area contributed by atoms with E-state index in [9.17, 15) is 4.39 Å². The lowest BCUT2D eigenvalue weighted by Crippen LogP contribution is -2.17. The molecule has 0 bridgehead atoms. The molecule has 8 heteroatoms. The van der Waals surface area contributed by atoms with Gasteiger partial charge in [0, 0.05) is 6.54 Å². The topological polar surface area (TPSA) is 74.1 Å². The number of nitrogens with zero attached hydrogens (tertiary/aromatic N) is 4. The van der Waals surface area contributed by atoms with Crippen LogP contribution in [0.1, 0.15) is 11.1 Å². The SMILES string of the molecule is COc1cc(CNCCc2ccccc2F)ccc1Oc1nnnn1-c1ccccc1. The third-order valence-corrected chi connectivity index (χ3v) is 4.73. The first-order valence-electron chi connectivity index (χ1n) is 9.87. The Morgan fingerprint density at radius 3 is 2.58 bits per heavy atom. The van der Waals surface area contributed by atoms with Crippen molar-refractivity contribution < 1.29 is 13.9 Å². The van der Waals surface area contributed by atoms with Gasteiger partial charge in [0.05, 0.1) is 12.8 Å². The van der Waals surface area contributed by atoms with Crippen LogP contribution in [-0.4, -0.2) is 33.9 Å². The number of para-hydroxylation sites is 1. The van der Waals surface area contributed by atoms with E-state index in [4.69, 9.17) is 9.47 Å². The largest absolute Gasteiger partial charge is 0.493 e. The molecule has 4 aromatic rings. The molecule has 158 valence electrons. The van der Waals surface area contributed by atoms with Crippen LogP contribution >= 0.6 is 0 Å². The lowest BCUT2D eigenvalue weighted by Gasteiger charge is -2.12. The Morgan fingerprint density at radius 1 is 0.968 bits per heavy atom. The van der Waals surface area contributed by atoms with Gasteiger partial charge in [0.2, 0.25) is 0 Å². The molecule has 1 N–H and O–H groups in total. The van der Waals surface area contributed by atoms with E-state index in [0.717, 1.165) is 11.3 Å². The predicted octanol–water partition coefficient (Wildman–Crippen LogP) is 3.93. The van der Waals surface area contributed by atoms with Gasteiger partial charge in [-0.05, 0) is 64.9 Å². The summed E-state index contributed by atoms with van der Waals surface area (Å²) >= 11 is 0. The van der Waals surface area contributed by atoms with Gasteiger partial charge in [-0.15, -0.1) is 0 Å². The number of methoxy groups -OCH3 is 1. The Balaban J connectivity index is 1.40. The first-order chi connectivity index (χ1) is 15.2. The normalized spacial score (nSPS) is 10.8. The zero-order valence-electron chi connectivity index (χ0n) is 17.0. The molecule has 0 fully saturated rings. The van der Waals surface area contributed by atoms with E-state index in [1.54, 1.807) is 19.2 Å². The van der Waals surface area contributed by atoms with E-state index < -0.39 is 0 Å². The van der Waals surface area contributed by atoms with Crippen molar-refractivity contribution >= 4 is 0 Å². The maximum Gasteiger partial charge on any atom is 0.346 e. The maximum absolute atomic E-state index is 13.7. The van der Waals surface area contributed by atoms with Gasteiger partial charge in [-0.2, -0.15) is 4.68 Å². The Labute approximate surface area is 179 Å². The number of hydrogen-bond donors (Lipinski definition) is 1. The molecule has 0 unspecified atom stereocenters. The van der Waals surface area contributed by atoms with Crippen molar-refractivity contribution in [2.45, 2.75) is 13.0 Å². The first-order valence-corrected chi connectivity index (χ1v) is 9.87. The van der Waals surface area contributed by atoms with Crippen LogP contribution in [0.3, 0.4) is 0 Å². The van der Waals surface area contributed by atoms with Crippen LogP contribution in [0.25, 0.3) is 5.69 Å². The Bertz CT molecular complexity index is 1130. The van der Waals surface area contributed by atoms with Crippen LogP contribution in [0, 0.1) is 5.82 Å². The number of nitrogens with one attached hydrogen (secondary N) is 1. The van der Waals surface area contributed by atoms with Crippen molar-refractivity contribution in [1.29, 1.82) is 0 Å². The summed E-state index contributed by atoms with van der Waals surface area (Å²) in [5, 5.41) is 15.0.